The predicted octanol–water partition coefficient (Wildman–Crippen LogP) is 0.760. The summed E-state index contributed by atoms with van der Waals surface area (Å²) in [6.45, 7) is 1.67. The van der Waals surface area contributed by atoms with Gasteiger partial charge in [0.25, 0.3) is 0 Å². The number of nitrogens with zero attached hydrogens (tertiary/aromatic N) is 2. The van der Waals surface area contributed by atoms with E-state index in [1.807, 2.05) is 37.3 Å². The standard InChI is InChI=1S/C16H19N7O2/c1-10(11-5-3-2-4-6-11)22-13(24)9-21-16(25)23-15-19-7-12(8-20-15)14(17)18/h2-8,10H,9H2,1H3,(H3,17,18)(H,22,24)(H2,19,20,21,23,25)/t10-/m0/s1. The number of nitrogens with one attached hydrogen (secondary N) is 4. The topological polar surface area (TPSA) is 146 Å². The molecular weight excluding hydrogens is 322 g/mol. The first kappa shape index (κ1) is 17.9. The largest absolute Gasteiger partial charge is 0.384 e. The van der Waals surface area contributed by atoms with E-state index in [9.17, 15) is 9.59 Å². The van der Waals surface area contributed by atoms with Crippen molar-refractivity contribution in [2.75, 3.05) is 11.9 Å². The Labute approximate surface area is 144 Å². The zero-order valence-electron chi connectivity index (χ0n) is 13.6. The van der Waals surface area contributed by atoms with Crippen molar-refractivity contribution in [2.45, 2.75) is 13.0 Å². The highest BCUT2D eigenvalue weighted by Gasteiger charge is 2.11. The number of benzene rings is 1. The highest BCUT2D eigenvalue weighted by molar-refractivity contribution is 5.95. The predicted molar refractivity (Wildman–Crippen MR) is 93.1 cm³/mol. The summed E-state index contributed by atoms with van der Waals surface area (Å²) in [6, 6.07) is 8.72. The molecule has 0 unspecified atom stereocenters. The van der Waals surface area contributed by atoms with Crippen molar-refractivity contribution in [3.8, 4) is 0 Å². The molecule has 1 atom stereocenters. The number of amidine groups is 1. The molecule has 6 N–H and O–H groups in total. The second kappa shape index (κ2) is 8.39. The number of hydrogen-bond donors (Lipinski definition) is 5. The Kier molecular flexibility index (Phi) is 5.99. The van der Waals surface area contributed by atoms with E-state index in [2.05, 4.69) is 25.9 Å². The van der Waals surface area contributed by atoms with Gasteiger partial charge in [0.1, 0.15) is 5.84 Å². The van der Waals surface area contributed by atoms with Gasteiger partial charge < -0.3 is 16.4 Å². The number of urea groups is 1. The van der Waals surface area contributed by atoms with Crippen LogP contribution in [-0.2, 0) is 4.79 Å². The van der Waals surface area contributed by atoms with Gasteiger partial charge in [0, 0.05) is 12.4 Å². The molecule has 0 saturated heterocycles. The smallest absolute Gasteiger partial charge is 0.322 e. The summed E-state index contributed by atoms with van der Waals surface area (Å²) in [7, 11) is 0. The molecule has 0 saturated carbocycles. The molecule has 1 heterocycles. The Hall–Kier alpha value is -3.49. The van der Waals surface area contributed by atoms with Gasteiger partial charge in [-0.25, -0.2) is 14.8 Å². The third kappa shape index (κ3) is 5.57. The molecule has 0 bridgehead atoms. The molecule has 1 aromatic heterocycles. The first-order chi connectivity index (χ1) is 12.0. The minimum atomic E-state index is -0.613. The molecule has 0 aliphatic heterocycles. The highest BCUT2D eigenvalue weighted by atomic mass is 16.2. The van der Waals surface area contributed by atoms with Crippen LogP contribution in [0.4, 0.5) is 10.7 Å². The third-order valence-electron chi connectivity index (χ3n) is 3.27. The Morgan fingerprint density at radius 1 is 1.20 bits per heavy atom. The molecule has 9 nitrogen and oxygen atoms in total. The fraction of sp³-hybridized carbons (Fsp3) is 0.188. The normalized spacial score (nSPS) is 11.2. The lowest BCUT2D eigenvalue weighted by atomic mass is 10.1. The van der Waals surface area contributed by atoms with Crippen LogP contribution in [0.5, 0.6) is 0 Å². The number of amides is 3. The minimum absolute atomic E-state index is 0.0422. The SMILES string of the molecule is C[C@H](NC(=O)CNC(=O)Nc1ncc(C(=N)N)cn1)c1ccccc1. The van der Waals surface area contributed by atoms with Crippen molar-refractivity contribution in [3.05, 3.63) is 53.9 Å². The lowest BCUT2D eigenvalue weighted by molar-refractivity contribution is -0.120. The molecule has 9 heteroatoms. The van der Waals surface area contributed by atoms with Crippen molar-refractivity contribution in [1.82, 2.24) is 20.6 Å². The molecular formula is C16H19N7O2. The van der Waals surface area contributed by atoms with E-state index in [1.54, 1.807) is 0 Å². The number of carbonyl (C=O) groups excluding carboxylic acids is 2. The molecule has 0 aliphatic carbocycles. The molecule has 0 spiro atoms. The van der Waals surface area contributed by atoms with Gasteiger partial charge in [0.05, 0.1) is 18.2 Å². The zero-order chi connectivity index (χ0) is 18.2. The van der Waals surface area contributed by atoms with Crippen molar-refractivity contribution in [3.63, 3.8) is 0 Å². The average Bonchev–Trinajstić information content (AvgIpc) is 2.61. The molecule has 0 radical (unpaired) electrons. The second-order valence-electron chi connectivity index (χ2n) is 5.22. The molecule has 25 heavy (non-hydrogen) atoms. The van der Waals surface area contributed by atoms with Gasteiger partial charge in [0.15, 0.2) is 0 Å². The maximum absolute atomic E-state index is 11.9. The van der Waals surface area contributed by atoms with Crippen molar-refractivity contribution in [2.24, 2.45) is 5.73 Å². The van der Waals surface area contributed by atoms with Crippen LogP contribution in [0, 0.1) is 5.41 Å². The molecule has 1 aromatic carbocycles. The van der Waals surface area contributed by atoms with E-state index in [0.29, 0.717) is 5.56 Å². The number of anilines is 1. The monoisotopic (exact) mass is 341 g/mol. The first-order valence-electron chi connectivity index (χ1n) is 7.51. The van der Waals surface area contributed by atoms with Crippen molar-refractivity contribution < 1.29 is 9.59 Å². The molecule has 3 amide bonds. The Balaban J connectivity index is 1.77. The van der Waals surface area contributed by atoms with Crippen LogP contribution in [0.15, 0.2) is 42.7 Å². The molecule has 0 aliphatic rings. The van der Waals surface area contributed by atoms with Gasteiger partial charge in [0.2, 0.25) is 11.9 Å². The van der Waals surface area contributed by atoms with Crippen LogP contribution in [0.25, 0.3) is 0 Å². The maximum atomic E-state index is 11.9. The molecule has 0 fully saturated rings. The van der Waals surface area contributed by atoms with Crippen LogP contribution in [0.1, 0.15) is 24.1 Å². The van der Waals surface area contributed by atoms with Crippen LogP contribution >= 0.6 is 0 Å². The lowest BCUT2D eigenvalue weighted by Crippen LogP contribution is -2.40. The Morgan fingerprint density at radius 3 is 2.44 bits per heavy atom. The van der Waals surface area contributed by atoms with Gasteiger partial charge in [-0.3, -0.25) is 15.5 Å². The van der Waals surface area contributed by atoms with E-state index >= 15 is 0 Å². The second-order valence-corrected chi connectivity index (χ2v) is 5.22. The van der Waals surface area contributed by atoms with Gasteiger partial charge in [-0.15, -0.1) is 0 Å². The van der Waals surface area contributed by atoms with Gasteiger partial charge in [-0.1, -0.05) is 30.3 Å². The lowest BCUT2D eigenvalue weighted by Gasteiger charge is -2.14. The summed E-state index contributed by atoms with van der Waals surface area (Å²) < 4.78 is 0. The van der Waals surface area contributed by atoms with Crippen LogP contribution in [-0.4, -0.2) is 34.3 Å². The summed E-state index contributed by atoms with van der Waals surface area (Å²) in [5.74, 6) is -0.444. The van der Waals surface area contributed by atoms with Crippen LogP contribution in [0.3, 0.4) is 0 Å². The average molecular weight is 341 g/mol. The van der Waals surface area contributed by atoms with Gasteiger partial charge in [-0.05, 0) is 12.5 Å². The Bertz CT molecular complexity index is 747. The summed E-state index contributed by atoms with van der Waals surface area (Å²) in [6.07, 6.45) is 2.64. The zero-order valence-corrected chi connectivity index (χ0v) is 13.6. The number of nitrogen functional groups attached to an aromatic ring is 1. The maximum Gasteiger partial charge on any atom is 0.322 e. The molecule has 2 aromatic rings. The van der Waals surface area contributed by atoms with E-state index in [0.717, 1.165) is 5.56 Å². The van der Waals surface area contributed by atoms with E-state index in [-0.39, 0.29) is 30.3 Å². The van der Waals surface area contributed by atoms with E-state index in [4.69, 9.17) is 11.1 Å². The van der Waals surface area contributed by atoms with E-state index in [1.165, 1.54) is 12.4 Å². The molecule has 2 rings (SSSR count). The summed E-state index contributed by atoms with van der Waals surface area (Å²) in [4.78, 5) is 31.3. The fourth-order valence-electron chi connectivity index (χ4n) is 1.96. The highest BCUT2D eigenvalue weighted by Crippen LogP contribution is 2.10. The Morgan fingerprint density at radius 2 is 1.84 bits per heavy atom. The van der Waals surface area contributed by atoms with Gasteiger partial charge in [-0.2, -0.15) is 0 Å². The first-order valence-corrected chi connectivity index (χ1v) is 7.51. The quantitative estimate of drug-likeness (QED) is 0.389. The fourth-order valence-corrected chi connectivity index (χ4v) is 1.96. The number of carbonyl (C=O) groups is 2. The van der Waals surface area contributed by atoms with Crippen LogP contribution < -0.4 is 21.7 Å². The number of rotatable bonds is 6. The van der Waals surface area contributed by atoms with Crippen molar-refractivity contribution in [1.29, 1.82) is 5.41 Å². The van der Waals surface area contributed by atoms with E-state index < -0.39 is 6.03 Å². The summed E-state index contributed by atoms with van der Waals surface area (Å²) in [5, 5.41) is 14.8. The van der Waals surface area contributed by atoms with Crippen LogP contribution in [0.2, 0.25) is 0 Å². The summed E-state index contributed by atoms with van der Waals surface area (Å²) in [5.41, 5.74) is 6.61. The summed E-state index contributed by atoms with van der Waals surface area (Å²) >= 11 is 0. The number of nitrogens with two attached hydrogens (primary N) is 1. The minimum Gasteiger partial charge on any atom is -0.384 e. The number of hydrogen-bond acceptors (Lipinski definition) is 5. The van der Waals surface area contributed by atoms with Gasteiger partial charge >= 0.3 is 6.03 Å². The van der Waals surface area contributed by atoms with Crippen molar-refractivity contribution >= 4 is 23.7 Å². The number of aromatic nitrogens is 2. The molecule has 130 valence electrons. The third-order valence-corrected chi connectivity index (χ3v) is 3.27.